The van der Waals surface area contributed by atoms with Gasteiger partial charge in [-0.15, -0.1) is 0 Å². The van der Waals surface area contributed by atoms with E-state index in [1.165, 1.54) is 6.42 Å². The summed E-state index contributed by atoms with van der Waals surface area (Å²) >= 11 is 0. The van der Waals surface area contributed by atoms with Crippen molar-refractivity contribution in [1.29, 1.82) is 0 Å². The van der Waals surface area contributed by atoms with E-state index in [0.717, 1.165) is 43.7 Å². The second-order valence-corrected chi connectivity index (χ2v) is 12.6. The molecule has 9 heteroatoms. The molecule has 1 N–H and O–H groups in total. The van der Waals surface area contributed by atoms with E-state index < -0.39 is 11.5 Å². The van der Waals surface area contributed by atoms with Crippen molar-refractivity contribution in [2.45, 2.75) is 94.4 Å². The van der Waals surface area contributed by atoms with Crippen molar-refractivity contribution >= 4 is 17.7 Å². The molecule has 2 unspecified atom stereocenters. The fraction of sp³-hybridized carbons (Fsp3) is 0.690. The molecular weight excluding hydrogens is 492 g/mol. The Morgan fingerprint density at radius 2 is 1.68 bits per heavy atom. The van der Waals surface area contributed by atoms with Gasteiger partial charge >= 0.3 is 0 Å². The maximum atomic E-state index is 13.6. The first-order chi connectivity index (χ1) is 18.2. The predicted octanol–water partition coefficient (Wildman–Crippen LogP) is 3.89. The molecular formula is C29H35F2N3O4. The number of nitrogens with zero attached hydrogens (tertiary/aromatic N) is 2. The molecule has 2 bridgehead atoms. The summed E-state index contributed by atoms with van der Waals surface area (Å²) in [5, 5.41) is 2.43. The Morgan fingerprint density at radius 3 is 2.42 bits per heavy atom. The predicted molar refractivity (Wildman–Crippen MR) is 134 cm³/mol. The number of fused-ring (bicyclic) bond motifs is 3. The monoisotopic (exact) mass is 527 g/mol. The van der Waals surface area contributed by atoms with Gasteiger partial charge in [-0.1, -0.05) is 6.42 Å². The molecule has 7 aliphatic rings. The van der Waals surface area contributed by atoms with E-state index in [1.807, 2.05) is 18.2 Å². The van der Waals surface area contributed by atoms with E-state index in [9.17, 15) is 23.2 Å². The summed E-state index contributed by atoms with van der Waals surface area (Å²) < 4.78 is 33.7. The SMILES string of the molecule is O=C1NC(=O)C2(N3Cc4cc(OC5CCCCC5N5CC(C6CCC(F)(F)CC6)C5)ccc4C3=O)CC1C2. The van der Waals surface area contributed by atoms with Crippen LogP contribution < -0.4 is 10.1 Å². The van der Waals surface area contributed by atoms with Crippen molar-refractivity contribution in [3.63, 3.8) is 0 Å². The largest absolute Gasteiger partial charge is 0.489 e. The van der Waals surface area contributed by atoms with Gasteiger partial charge in [0.15, 0.2) is 0 Å². The fourth-order valence-electron chi connectivity index (χ4n) is 7.97. The minimum absolute atomic E-state index is 0.0338. The highest BCUT2D eigenvalue weighted by Crippen LogP contribution is 2.49. The molecule has 3 aliphatic carbocycles. The van der Waals surface area contributed by atoms with Gasteiger partial charge in [-0.25, -0.2) is 8.78 Å². The van der Waals surface area contributed by atoms with Crippen LogP contribution >= 0.6 is 0 Å². The topological polar surface area (TPSA) is 79.0 Å². The highest BCUT2D eigenvalue weighted by atomic mass is 19.3. The maximum absolute atomic E-state index is 13.6. The Kier molecular flexibility index (Phi) is 5.63. The van der Waals surface area contributed by atoms with Crippen molar-refractivity contribution in [1.82, 2.24) is 15.1 Å². The van der Waals surface area contributed by atoms with Gasteiger partial charge in [-0.3, -0.25) is 24.6 Å². The van der Waals surface area contributed by atoms with Crippen LogP contribution in [0.25, 0.3) is 0 Å². The van der Waals surface area contributed by atoms with Crippen LogP contribution in [0.4, 0.5) is 8.78 Å². The number of rotatable bonds is 5. The lowest BCUT2D eigenvalue weighted by molar-refractivity contribution is -0.160. The number of hydrogen-bond acceptors (Lipinski definition) is 5. The van der Waals surface area contributed by atoms with Gasteiger partial charge in [0, 0.05) is 50.0 Å². The smallest absolute Gasteiger partial charge is 0.255 e. The zero-order valence-corrected chi connectivity index (χ0v) is 21.6. The van der Waals surface area contributed by atoms with Crippen LogP contribution in [-0.4, -0.2) is 64.2 Å². The lowest BCUT2D eigenvalue weighted by Crippen LogP contribution is -2.73. The van der Waals surface area contributed by atoms with Crippen LogP contribution in [-0.2, 0) is 16.1 Å². The Balaban J connectivity index is 1.000. The minimum atomic E-state index is -2.47. The Hall–Kier alpha value is -2.55. The van der Waals surface area contributed by atoms with E-state index in [-0.39, 0.29) is 42.6 Å². The second-order valence-electron chi connectivity index (χ2n) is 12.6. The van der Waals surface area contributed by atoms with Gasteiger partial charge in [0.1, 0.15) is 17.4 Å². The van der Waals surface area contributed by atoms with E-state index in [1.54, 1.807) is 4.90 Å². The molecule has 0 radical (unpaired) electrons. The summed E-state index contributed by atoms with van der Waals surface area (Å²) in [4.78, 5) is 41.9. The summed E-state index contributed by atoms with van der Waals surface area (Å²) in [5.41, 5.74) is 0.552. The molecule has 2 atom stereocenters. The average molecular weight is 528 g/mol. The first-order valence-corrected chi connectivity index (χ1v) is 14.3. The fourth-order valence-corrected chi connectivity index (χ4v) is 7.97. The van der Waals surface area contributed by atoms with Crippen LogP contribution in [0.15, 0.2) is 18.2 Å². The summed E-state index contributed by atoms with van der Waals surface area (Å²) in [5.74, 6) is -1.72. The van der Waals surface area contributed by atoms with Crippen molar-refractivity contribution in [2.75, 3.05) is 13.1 Å². The first-order valence-electron chi connectivity index (χ1n) is 14.3. The molecule has 4 heterocycles. The second kappa shape index (κ2) is 8.73. The molecule has 1 aromatic carbocycles. The quantitative estimate of drug-likeness (QED) is 0.588. The summed E-state index contributed by atoms with van der Waals surface area (Å²) in [6.45, 7) is 2.30. The highest BCUT2D eigenvalue weighted by Gasteiger charge is 2.63. The Bertz CT molecular complexity index is 1170. The molecule has 3 saturated carbocycles. The molecule has 0 spiro atoms. The number of benzene rings is 1. The van der Waals surface area contributed by atoms with E-state index >= 15 is 0 Å². The van der Waals surface area contributed by atoms with Crippen LogP contribution in [0, 0.1) is 17.8 Å². The molecule has 1 aromatic rings. The van der Waals surface area contributed by atoms with Crippen molar-refractivity contribution in [2.24, 2.45) is 17.8 Å². The number of carbonyl (C=O) groups is 3. The zero-order chi connectivity index (χ0) is 26.2. The molecule has 3 saturated heterocycles. The number of carbonyl (C=O) groups excluding carboxylic acids is 3. The molecule has 0 aromatic heterocycles. The molecule has 3 amide bonds. The van der Waals surface area contributed by atoms with E-state index in [2.05, 4.69) is 10.2 Å². The van der Waals surface area contributed by atoms with Crippen molar-refractivity contribution in [3.05, 3.63) is 29.3 Å². The first kappa shape index (κ1) is 24.5. The highest BCUT2D eigenvalue weighted by molar-refractivity contribution is 6.10. The van der Waals surface area contributed by atoms with Crippen molar-refractivity contribution < 1.29 is 27.9 Å². The average Bonchev–Trinajstić information content (AvgIpc) is 3.15. The van der Waals surface area contributed by atoms with Crippen LogP contribution in [0.3, 0.4) is 0 Å². The maximum Gasteiger partial charge on any atom is 0.255 e. The number of amides is 3. The molecule has 6 fully saturated rings. The number of likely N-dealkylation sites (tertiary alicyclic amines) is 1. The third-order valence-corrected chi connectivity index (χ3v) is 10.4. The Morgan fingerprint density at radius 1 is 0.947 bits per heavy atom. The number of ether oxygens (including phenoxy) is 1. The normalized spacial score (nSPS) is 35.4. The lowest BCUT2D eigenvalue weighted by Gasteiger charge is -2.53. The third-order valence-electron chi connectivity index (χ3n) is 10.4. The van der Waals surface area contributed by atoms with Gasteiger partial charge in [0.25, 0.3) is 11.8 Å². The van der Waals surface area contributed by atoms with Gasteiger partial charge in [0.2, 0.25) is 11.8 Å². The molecule has 204 valence electrons. The summed E-state index contributed by atoms with van der Waals surface area (Å²) in [6.07, 6.45) is 6.56. The van der Waals surface area contributed by atoms with Gasteiger partial charge in [0.05, 0.1) is 0 Å². The number of halogens is 2. The molecule has 4 aliphatic heterocycles. The number of hydrogen-bond donors (Lipinski definition) is 1. The van der Waals surface area contributed by atoms with Crippen molar-refractivity contribution in [3.8, 4) is 5.75 Å². The van der Waals surface area contributed by atoms with Crippen LogP contribution in [0.2, 0.25) is 0 Å². The number of piperidine rings is 2. The van der Waals surface area contributed by atoms with Crippen LogP contribution in [0.5, 0.6) is 5.75 Å². The summed E-state index contributed by atoms with van der Waals surface area (Å²) in [6, 6.07) is 5.94. The van der Waals surface area contributed by atoms with Gasteiger partial charge in [-0.05, 0) is 80.5 Å². The summed E-state index contributed by atoms with van der Waals surface area (Å²) in [7, 11) is 0. The minimum Gasteiger partial charge on any atom is -0.489 e. The van der Waals surface area contributed by atoms with E-state index in [4.69, 9.17) is 4.74 Å². The molecule has 8 rings (SSSR count). The number of imide groups is 1. The zero-order valence-electron chi connectivity index (χ0n) is 21.6. The number of nitrogens with one attached hydrogen (secondary N) is 1. The van der Waals surface area contributed by atoms with E-state index in [0.29, 0.717) is 55.7 Å². The third kappa shape index (κ3) is 3.87. The van der Waals surface area contributed by atoms with Crippen LogP contribution in [0.1, 0.15) is 80.1 Å². The standard InChI is InChI=1S/C29H35F2N3O4/c30-29(31)9-7-17(8-10-29)20-14-33(15-20)23-3-1-2-4-24(23)38-21-5-6-22-18(11-21)16-34(26(22)36)28-12-19(13-28)25(35)32-27(28)37/h5-6,11,17,19-20,23-24H,1-4,7-10,12-16H2,(H,32,35,37). The molecule has 38 heavy (non-hydrogen) atoms. The van der Waals surface area contributed by atoms with Gasteiger partial charge in [-0.2, -0.15) is 0 Å². The number of alkyl halides is 2. The lowest BCUT2D eigenvalue weighted by atomic mass is 9.63. The Labute approximate surface area is 221 Å². The molecule has 7 nitrogen and oxygen atoms in total. The van der Waals surface area contributed by atoms with Gasteiger partial charge < -0.3 is 9.64 Å².